The third kappa shape index (κ3) is 5.54. The van der Waals surface area contributed by atoms with Crippen LogP contribution in [0.4, 0.5) is 0 Å². The van der Waals surface area contributed by atoms with Crippen molar-refractivity contribution in [3.05, 3.63) is 18.2 Å². The van der Waals surface area contributed by atoms with Gasteiger partial charge in [-0.2, -0.15) is 0 Å². The van der Waals surface area contributed by atoms with Gasteiger partial charge in [-0.3, -0.25) is 0 Å². The number of nitrogens with zero attached hydrogens (tertiary/aromatic N) is 2. The quantitative estimate of drug-likeness (QED) is 0.542. The van der Waals surface area contributed by atoms with Crippen molar-refractivity contribution in [1.29, 1.82) is 0 Å². The van der Waals surface area contributed by atoms with Crippen LogP contribution in [0.15, 0.2) is 12.4 Å². The lowest BCUT2D eigenvalue weighted by Gasteiger charge is -1.97. The second-order valence-corrected chi connectivity index (χ2v) is 4.78. The number of aromatic nitrogens is 2. The van der Waals surface area contributed by atoms with Crippen LogP contribution < -0.4 is 4.57 Å². The SMILES string of the molecule is CCS(=O)(=O)[O-].CCn1cc[n+](C)c1C. The van der Waals surface area contributed by atoms with Gasteiger partial charge in [0.05, 0.1) is 23.7 Å². The average molecular weight is 234 g/mol. The van der Waals surface area contributed by atoms with Crippen LogP contribution in [0.1, 0.15) is 19.7 Å². The number of hydrogen-bond acceptors (Lipinski definition) is 3. The molecule has 0 saturated carbocycles. The Hall–Kier alpha value is -0.880. The van der Waals surface area contributed by atoms with Crippen LogP contribution in [-0.2, 0) is 23.7 Å². The molecule has 1 aromatic rings. The van der Waals surface area contributed by atoms with Crippen LogP contribution in [0.2, 0.25) is 0 Å². The van der Waals surface area contributed by atoms with E-state index in [-0.39, 0.29) is 5.75 Å². The van der Waals surface area contributed by atoms with Crippen LogP contribution in [0.3, 0.4) is 0 Å². The summed E-state index contributed by atoms with van der Waals surface area (Å²) in [4.78, 5) is 0. The van der Waals surface area contributed by atoms with Crippen molar-refractivity contribution in [2.45, 2.75) is 27.3 Å². The third-order valence-corrected chi connectivity index (χ3v) is 2.80. The van der Waals surface area contributed by atoms with E-state index in [1.165, 1.54) is 12.7 Å². The van der Waals surface area contributed by atoms with Crippen molar-refractivity contribution >= 4 is 10.1 Å². The Balaban J connectivity index is 0.000000288. The highest BCUT2D eigenvalue weighted by atomic mass is 32.2. The van der Waals surface area contributed by atoms with E-state index < -0.39 is 10.1 Å². The summed E-state index contributed by atoms with van der Waals surface area (Å²) in [6.07, 6.45) is 4.16. The Kier molecular flexibility index (Phi) is 5.53. The van der Waals surface area contributed by atoms with Gasteiger partial charge in [-0.05, 0) is 6.92 Å². The summed E-state index contributed by atoms with van der Waals surface area (Å²) in [7, 11) is -1.85. The van der Waals surface area contributed by atoms with Crippen molar-refractivity contribution in [3.63, 3.8) is 0 Å². The summed E-state index contributed by atoms with van der Waals surface area (Å²) >= 11 is 0. The zero-order valence-electron chi connectivity index (χ0n) is 9.60. The molecule has 1 heterocycles. The first-order valence-corrected chi connectivity index (χ1v) is 6.34. The minimum absolute atomic E-state index is 0.312. The summed E-state index contributed by atoms with van der Waals surface area (Å²) in [6.45, 7) is 6.63. The first-order chi connectivity index (χ1) is 6.81. The lowest BCUT2D eigenvalue weighted by Crippen LogP contribution is -2.29. The molecule has 0 N–H and O–H groups in total. The van der Waals surface area contributed by atoms with E-state index in [1.807, 2.05) is 0 Å². The molecule has 88 valence electrons. The highest BCUT2D eigenvalue weighted by Crippen LogP contribution is 1.89. The molecule has 5 nitrogen and oxygen atoms in total. The van der Waals surface area contributed by atoms with Gasteiger partial charge in [-0.25, -0.2) is 17.6 Å². The summed E-state index contributed by atoms with van der Waals surface area (Å²) in [5.74, 6) is 0.991. The number of imidazole rings is 1. The van der Waals surface area contributed by atoms with Crippen LogP contribution >= 0.6 is 0 Å². The van der Waals surface area contributed by atoms with Crippen LogP contribution in [0.5, 0.6) is 0 Å². The maximum atomic E-state index is 9.44. The standard InChI is InChI=1S/C7H13N2.C2H6O3S/c1-4-9-6-5-8(3)7(9)2;1-2-6(3,4)5/h5-6H,4H2,1-3H3;2H2,1H3,(H,3,4,5)/q+1;/p-1. The Labute approximate surface area is 91.1 Å². The minimum atomic E-state index is -3.91. The molecule has 0 fully saturated rings. The van der Waals surface area contributed by atoms with Gasteiger partial charge in [0.1, 0.15) is 12.4 Å². The van der Waals surface area contributed by atoms with Crippen LogP contribution in [0, 0.1) is 6.92 Å². The summed E-state index contributed by atoms with van der Waals surface area (Å²) in [5, 5.41) is 0. The molecule has 0 amide bonds. The van der Waals surface area contributed by atoms with Gasteiger partial charge in [0, 0.05) is 12.7 Å². The highest BCUT2D eigenvalue weighted by Gasteiger charge is 2.03. The molecule has 15 heavy (non-hydrogen) atoms. The smallest absolute Gasteiger partial charge is 0.252 e. The van der Waals surface area contributed by atoms with Gasteiger partial charge in [0.25, 0.3) is 5.82 Å². The fourth-order valence-electron chi connectivity index (χ4n) is 0.933. The lowest BCUT2D eigenvalue weighted by molar-refractivity contribution is -0.677. The molecule has 6 heteroatoms. The van der Waals surface area contributed by atoms with Gasteiger partial charge in [0.15, 0.2) is 0 Å². The molecule has 0 aliphatic heterocycles. The van der Waals surface area contributed by atoms with Crippen molar-refractivity contribution in [2.24, 2.45) is 7.05 Å². The first kappa shape index (κ1) is 14.1. The van der Waals surface area contributed by atoms with E-state index in [9.17, 15) is 13.0 Å². The normalized spacial score (nSPS) is 10.7. The Morgan fingerprint density at radius 2 is 1.93 bits per heavy atom. The number of hydrogen-bond donors (Lipinski definition) is 0. The van der Waals surface area contributed by atoms with Gasteiger partial charge >= 0.3 is 0 Å². The molecular weight excluding hydrogens is 216 g/mol. The second kappa shape index (κ2) is 5.87. The topological polar surface area (TPSA) is 66.0 Å². The summed E-state index contributed by atoms with van der Waals surface area (Å²) in [6, 6.07) is 0. The average Bonchev–Trinajstić information content (AvgIpc) is 2.47. The van der Waals surface area contributed by atoms with E-state index in [4.69, 9.17) is 0 Å². The molecular formula is C9H18N2O3S. The van der Waals surface area contributed by atoms with Crippen molar-refractivity contribution in [1.82, 2.24) is 4.57 Å². The minimum Gasteiger partial charge on any atom is -0.748 e. The van der Waals surface area contributed by atoms with E-state index >= 15 is 0 Å². The first-order valence-electron chi connectivity index (χ1n) is 4.76. The monoisotopic (exact) mass is 234 g/mol. The van der Waals surface area contributed by atoms with E-state index in [0.717, 1.165) is 6.54 Å². The molecule has 0 aliphatic rings. The molecule has 0 saturated heterocycles. The molecule has 0 aliphatic carbocycles. The van der Waals surface area contributed by atoms with Crippen molar-refractivity contribution in [2.75, 3.05) is 5.75 Å². The maximum Gasteiger partial charge on any atom is 0.252 e. The molecule has 0 aromatic carbocycles. The highest BCUT2D eigenvalue weighted by molar-refractivity contribution is 7.85. The maximum absolute atomic E-state index is 9.44. The van der Waals surface area contributed by atoms with Crippen molar-refractivity contribution < 1.29 is 17.5 Å². The molecule has 1 aromatic heterocycles. The van der Waals surface area contributed by atoms with Gasteiger partial charge < -0.3 is 4.55 Å². The summed E-state index contributed by atoms with van der Waals surface area (Å²) < 4.78 is 32.7. The van der Waals surface area contributed by atoms with Gasteiger partial charge in [-0.15, -0.1) is 0 Å². The largest absolute Gasteiger partial charge is 0.748 e. The second-order valence-electron chi connectivity index (χ2n) is 3.09. The number of rotatable bonds is 2. The Morgan fingerprint density at radius 3 is 2.07 bits per heavy atom. The summed E-state index contributed by atoms with van der Waals surface area (Å²) in [5.41, 5.74) is 0. The van der Waals surface area contributed by atoms with Gasteiger partial charge in [0.2, 0.25) is 0 Å². The molecule has 0 radical (unpaired) electrons. The molecule has 0 atom stereocenters. The Morgan fingerprint density at radius 1 is 1.47 bits per heavy atom. The zero-order valence-corrected chi connectivity index (χ0v) is 10.4. The number of aryl methyl sites for hydroxylation is 2. The van der Waals surface area contributed by atoms with Crippen LogP contribution in [-0.4, -0.2) is 23.3 Å². The molecule has 1 rings (SSSR count). The van der Waals surface area contributed by atoms with E-state index in [2.05, 4.69) is 42.4 Å². The molecule has 0 bridgehead atoms. The van der Waals surface area contributed by atoms with Gasteiger partial charge in [-0.1, -0.05) is 6.92 Å². The predicted molar refractivity (Wildman–Crippen MR) is 56.3 cm³/mol. The lowest BCUT2D eigenvalue weighted by atomic mass is 10.6. The predicted octanol–water partition coefficient (Wildman–Crippen LogP) is 0.192. The molecule has 0 unspecified atom stereocenters. The van der Waals surface area contributed by atoms with E-state index in [0.29, 0.717) is 0 Å². The van der Waals surface area contributed by atoms with E-state index in [1.54, 1.807) is 0 Å². The fourth-order valence-corrected chi connectivity index (χ4v) is 0.933. The van der Waals surface area contributed by atoms with Crippen LogP contribution in [0.25, 0.3) is 0 Å². The zero-order chi connectivity index (χ0) is 12.1. The molecule has 0 spiro atoms. The third-order valence-electron chi connectivity index (χ3n) is 2.09. The Bertz CT molecular complexity index is 395. The fraction of sp³-hybridized carbons (Fsp3) is 0.667. The van der Waals surface area contributed by atoms with Crippen molar-refractivity contribution in [3.8, 4) is 0 Å².